The third-order valence-electron chi connectivity index (χ3n) is 4.00. The van der Waals surface area contributed by atoms with Gasteiger partial charge in [-0.1, -0.05) is 30.3 Å². The maximum absolute atomic E-state index is 13.1. The van der Waals surface area contributed by atoms with Crippen molar-refractivity contribution in [2.75, 3.05) is 11.4 Å². The number of nitrogens with zero attached hydrogens (tertiary/aromatic N) is 1. The van der Waals surface area contributed by atoms with Gasteiger partial charge in [-0.3, -0.25) is 9.59 Å². The molecule has 0 saturated heterocycles. The average molecular weight is 340 g/mol. The van der Waals surface area contributed by atoms with Crippen LogP contribution in [-0.4, -0.2) is 30.6 Å². The molecule has 6 heteroatoms. The van der Waals surface area contributed by atoms with Gasteiger partial charge in [0.2, 0.25) is 12.0 Å². The molecule has 1 aliphatic rings. The van der Waals surface area contributed by atoms with Crippen molar-refractivity contribution >= 4 is 17.5 Å². The van der Waals surface area contributed by atoms with Gasteiger partial charge < -0.3 is 20.1 Å². The Kier molecular flexibility index (Phi) is 4.88. The summed E-state index contributed by atoms with van der Waals surface area (Å²) in [5.41, 5.74) is 5.94. The number of nitrogens with two attached hydrogens (primary N) is 1. The summed E-state index contributed by atoms with van der Waals surface area (Å²) in [6, 6.07) is 16.4. The molecule has 0 bridgehead atoms. The number of fused-ring (bicyclic) bond motifs is 1. The maximum Gasteiger partial charge on any atom is 0.271 e. The molecule has 2 amide bonds. The number of carbonyl (C=O) groups excluding carboxylic acids is 2. The number of para-hydroxylation sites is 3. The Morgan fingerprint density at radius 2 is 1.60 bits per heavy atom. The first-order valence-corrected chi connectivity index (χ1v) is 8.13. The lowest BCUT2D eigenvalue weighted by molar-refractivity contribution is -0.130. The molecule has 0 aliphatic carbocycles. The number of ether oxygens (including phenoxy) is 2. The van der Waals surface area contributed by atoms with Crippen molar-refractivity contribution in [1.29, 1.82) is 0 Å². The van der Waals surface area contributed by atoms with E-state index in [0.29, 0.717) is 17.2 Å². The zero-order chi connectivity index (χ0) is 17.8. The minimum absolute atomic E-state index is 0.0686. The Hall–Kier alpha value is -3.02. The Morgan fingerprint density at radius 3 is 2.24 bits per heavy atom. The van der Waals surface area contributed by atoms with Crippen LogP contribution in [0.3, 0.4) is 0 Å². The molecule has 0 aromatic heterocycles. The predicted octanol–water partition coefficient (Wildman–Crippen LogP) is 2.12. The number of anilines is 1. The molecule has 130 valence electrons. The van der Waals surface area contributed by atoms with Crippen molar-refractivity contribution in [3.63, 3.8) is 0 Å². The molecule has 1 aliphatic heterocycles. The second-order valence-electron chi connectivity index (χ2n) is 5.85. The van der Waals surface area contributed by atoms with Crippen LogP contribution in [0.25, 0.3) is 0 Å². The first-order valence-electron chi connectivity index (χ1n) is 8.13. The van der Waals surface area contributed by atoms with E-state index in [1.807, 2.05) is 30.3 Å². The molecule has 0 unspecified atom stereocenters. The fraction of sp³-hybridized carbons (Fsp3) is 0.263. The molecule has 0 saturated carbocycles. The van der Waals surface area contributed by atoms with Gasteiger partial charge in [-0.2, -0.15) is 0 Å². The van der Waals surface area contributed by atoms with E-state index < -0.39 is 18.1 Å². The molecule has 25 heavy (non-hydrogen) atoms. The number of benzene rings is 2. The first kappa shape index (κ1) is 16.8. The van der Waals surface area contributed by atoms with E-state index in [9.17, 15) is 9.59 Å². The van der Waals surface area contributed by atoms with Crippen molar-refractivity contribution in [3.05, 3.63) is 54.6 Å². The monoisotopic (exact) mass is 340 g/mol. The smallest absolute Gasteiger partial charge is 0.271 e. The van der Waals surface area contributed by atoms with Crippen molar-refractivity contribution in [2.45, 2.75) is 25.6 Å². The summed E-state index contributed by atoms with van der Waals surface area (Å²) in [5, 5.41) is 0. The summed E-state index contributed by atoms with van der Waals surface area (Å²) in [6.07, 6.45) is -1.19. The Bertz CT molecular complexity index is 763. The summed E-state index contributed by atoms with van der Waals surface area (Å²) in [7, 11) is 0. The molecule has 0 fully saturated rings. The molecular weight excluding hydrogens is 320 g/mol. The van der Waals surface area contributed by atoms with Crippen molar-refractivity contribution in [1.82, 2.24) is 0 Å². The van der Waals surface area contributed by atoms with Gasteiger partial charge >= 0.3 is 0 Å². The molecule has 2 aromatic rings. The molecule has 2 atom stereocenters. The maximum atomic E-state index is 13.1. The molecule has 2 aromatic carbocycles. The van der Waals surface area contributed by atoms with Gasteiger partial charge in [0.1, 0.15) is 6.10 Å². The minimum Gasteiger partial charge on any atom is -0.482 e. The summed E-state index contributed by atoms with van der Waals surface area (Å²) >= 11 is 0. The molecule has 0 radical (unpaired) electrons. The Morgan fingerprint density at radius 1 is 1.00 bits per heavy atom. The quantitative estimate of drug-likeness (QED) is 0.904. The third-order valence-corrected chi connectivity index (χ3v) is 4.00. The number of amides is 2. The number of rotatable bonds is 5. The summed E-state index contributed by atoms with van der Waals surface area (Å²) < 4.78 is 11.7. The molecule has 2 N–H and O–H groups in total. The molecule has 6 nitrogen and oxygen atoms in total. The standard InChI is InChI=1S/C19H20N2O4/c1-13-18(25-16-10-6-5-9-15(16)24-13)19(23)21(12-11-17(20)22)14-7-3-2-4-8-14/h2-10,13,18H,11-12H2,1H3,(H2,20,22)/t13-,18-/m0/s1. The minimum atomic E-state index is -0.803. The van der Waals surface area contributed by atoms with Gasteiger partial charge in [-0.05, 0) is 31.2 Å². The number of hydrogen-bond acceptors (Lipinski definition) is 4. The lowest BCUT2D eigenvalue weighted by Gasteiger charge is -2.34. The lowest BCUT2D eigenvalue weighted by Crippen LogP contribution is -2.51. The van der Waals surface area contributed by atoms with E-state index in [1.165, 1.54) is 4.90 Å². The van der Waals surface area contributed by atoms with Crippen LogP contribution in [0.4, 0.5) is 5.69 Å². The van der Waals surface area contributed by atoms with Gasteiger partial charge in [0.05, 0.1) is 0 Å². The molecule has 1 heterocycles. The topological polar surface area (TPSA) is 81.9 Å². The fourth-order valence-electron chi connectivity index (χ4n) is 2.74. The van der Waals surface area contributed by atoms with Crippen molar-refractivity contribution in [3.8, 4) is 11.5 Å². The normalized spacial score (nSPS) is 18.4. The van der Waals surface area contributed by atoms with Crippen LogP contribution in [-0.2, 0) is 9.59 Å². The molecule has 3 rings (SSSR count). The number of primary amides is 1. The van der Waals surface area contributed by atoms with Gasteiger partial charge in [0.25, 0.3) is 5.91 Å². The highest BCUT2D eigenvalue weighted by Crippen LogP contribution is 2.34. The second kappa shape index (κ2) is 7.25. The number of hydrogen-bond donors (Lipinski definition) is 1. The largest absolute Gasteiger partial charge is 0.482 e. The zero-order valence-corrected chi connectivity index (χ0v) is 13.9. The fourth-order valence-corrected chi connectivity index (χ4v) is 2.74. The Labute approximate surface area is 146 Å². The van der Waals surface area contributed by atoms with Crippen LogP contribution in [0.15, 0.2) is 54.6 Å². The molecule has 0 spiro atoms. The second-order valence-corrected chi connectivity index (χ2v) is 5.85. The van der Waals surface area contributed by atoms with Crippen LogP contribution < -0.4 is 20.1 Å². The first-order chi connectivity index (χ1) is 12.1. The van der Waals surface area contributed by atoms with Gasteiger partial charge in [-0.25, -0.2) is 0 Å². The summed E-state index contributed by atoms with van der Waals surface area (Å²) in [4.78, 5) is 25.8. The van der Waals surface area contributed by atoms with Crippen molar-refractivity contribution < 1.29 is 19.1 Å². The highest BCUT2D eigenvalue weighted by molar-refractivity contribution is 5.98. The van der Waals surface area contributed by atoms with E-state index >= 15 is 0 Å². The van der Waals surface area contributed by atoms with Crippen LogP contribution >= 0.6 is 0 Å². The summed E-state index contributed by atoms with van der Waals surface area (Å²) in [5.74, 6) is 0.409. The lowest BCUT2D eigenvalue weighted by atomic mass is 10.1. The van der Waals surface area contributed by atoms with Crippen LogP contribution in [0, 0.1) is 0 Å². The van der Waals surface area contributed by atoms with Crippen LogP contribution in [0.2, 0.25) is 0 Å². The van der Waals surface area contributed by atoms with Gasteiger partial charge in [0.15, 0.2) is 11.5 Å². The highest BCUT2D eigenvalue weighted by atomic mass is 16.6. The summed E-state index contributed by atoms with van der Waals surface area (Å²) in [6.45, 7) is 1.97. The average Bonchev–Trinajstić information content (AvgIpc) is 2.61. The zero-order valence-electron chi connectivity index (χ0n) is 13.9. The van der Waals surface area contributed by atoms with Crippen LogP contribution in [0.1, 0.15) is 13.3 Å². The number of carbonyl (C=O) groups is 2. The van der Waals surface area contributed by atoms with E-state index in [4.69, 9.17) is 15.2 Å². The SMILES string of the molecule is C[C@@H]1Oc2ccccc2O[C@@H]1C(=O)N(CCC(N)=O)c1ccccc1. The molecular formula is C19H20N2O4. The van der Waals surface area contributed by atoms with E-state index in [0.717, 1.165) is 0 Å². The van der Waals surface area contributed by atoms with E-state index in [-0.39, 0.29) is 18.9 Å². The van der Waals surface area contributed by atoms with E-state index in [2.05, 4.69) is 0 Å². The highest BCUT2D eigenvalue weighted by Gasteiger charge is 2.37. The van der Waals surface area contributed by atoms with Crippen molar-refractivity contribution in [2.24, 2.45) is 5.73 Å². The van der Waals surface area contributed by atoms with Crippen LogP contribution in [0.5, 0.6) is 11.5 Å². The Balaban J connectivity index is 1.85. The van der Waals surface area contributed by atoms with Gasteiger partial charge in [-0.15, -0.1) is 0 Å². The van der Waals surface area contributed by atoms with E-state index in [1.54, 1.807) is 31.2 Å². The predicted molar refractivity (Wildman–Crippen MR) is 93.6 cm³/mol. The van der Waals surface area contributed by atoms with Gasteiger partial charge in [0, 0.05) is 18.7 Å². The third kappa shape index (κ3) is 3.74.